The van der Waals surface area contributed by atoms with Gasteiger partial charge >= 0.3 is 0 Å². The molecule has 120 valence electrons. The molecular formula is C17H20N4O2. The van der Waals surface area contributed by atoms with E-state index >= 15 is 0 Å². The van der Waals surface area contributed by atoms with Crippen LogP contribution < -0.4 is 0 Å². The number of fused-ring (bicyclic) bond motifs is 1. The van der Waals surface area contributed by atoms with E-state index in [1.807, 2.05) is 44.3 Å². The van der Waals surface area contributed by atoms with Gasteiger partial charge in [-0.1, -0.05) is 19.0 Å². The van der Waals surface area contributed by atoms with Crippen LogP contribution in [0.5, 0.6) is 0 Å². The van der Waals surface area contributed by atoms with E-state index in [1.54, 1.807) is 11.9 Å². The highest BCUT2D eigenvalue weighted by Gasteiger charge is 2.15. The molecule has 0 saturated heterocycles. The van der Waals surface area contributed by atoms with Crippen molar-refractivity contribution in [2.45, 2.75) is 26.2 Å². The van der Waals surface area contributed by atoms with E-state index in [4.69, 9.17) is 4.52 Å². The Labute approximate surface area is 134 Å². The first kappa shape index (κ1) is 15.3. The van der Waals surface area contributed by atoms with Crippen LogP contribution in [0.2, 0.25) is 0 Å². The van der Waals surface area contributed by atoms with Crippen molar-refractivity contribution in [1.29, 1.82) is 0 Å². The Kier molecular flexibility index (Phi) is 4.14. The van der Waals surface area contributed by atoms with Crippen molar-refractivity contribution in [3.63, 3.8) is 0 Å². The summed E-state index contributed by atoms with van der Waals surface area (Å²) < 4.78 is 5.17. The zero-order valence-electron chi connectivity index (χ0n) is 13.5. The average Bonchev–Trinajstić information content (AvgIpc) is 3.19. The summed E-state index contributed by atoms with van der Waals surface area (Å²) >= 11 is 0. The minimum atomic E-state index is -0.0133. The molecule has 0 aliphatic rings. The Morgan fingerprint density at radius 1 is 1.35 bits per heavy atom. The Morgan fingerprint density at radius 2 is 2.17 bits per heavy atom. The molecule has 6 heteroatoms. The van der Waals surface area contributed by atoms with Crippen molar-refractivity contribution < 1.29 is 9.32 Å². The highest BCUT2D eigenvalue weighted by molar-refractivity contribution is 5.97. The number of nitrogens with one attached hydrogen (secondary N) is 1. The minimum Gasteiger partial charge on any atom is -0.361 e. The van der Waals surface area contributed by atoms with Crippen LogP contribution in [0.1, 0.15) is 41.8 Å². The molecule has 3 aromatic rings. The Hall–Kier alpha value is -2.63. The molecule has 1 N–H and O–H groups in total. The van der Waals surface area contributed by atoms with E-state index in [2.05, 4.69) is 15.1 Å². The van der Waals surface area contributed by atoms with E-state index in [0.29, 0.717) is 30.2 Å². The largest absolute Gasteiger partial charge is 0.361 e. The quantitative estimate of drug-likeness (QED) is 0.786. The molecule has 0 unspecified atom stereocenters. The number of hydrogen-bond donors (Lipinski definition) is 1. The fourth-order valence-corrected chi connectivity index (χ4v) is 2.38. The van der Waals surface area contributed by atoms with Gasteiger partial charge in [0.2, 0.25) is 5.89 Å². The maximum absolute atomic E-state index is 12.5. The lowest BCUT2D eigenvalue weighted by molar-refractivity contribution is 0.0796. The topological polar surface area (TPSA) is 75.0 Å². The van der Waals surface area contributed by atoms with Crippen LogP contribution in [-0.4, -0.2) is 39.5 Å². The van der Waals surface area contributed by atoms with Crippen LogP contribution in [0.15, 0.2) is 35.0 Å². The molecule has 0 bridgehead atoms. The molecule has 0 fully saturated rings. The van der Waals surface area contributed by atoms with Crippen molar-refractivity contribution in [3.05, 3.63) is 47.7 Å². The van der Waals surface area contributed by atoms with Crippen LogP contribution in [0.3, 0.4) is 0 Å². The molecule has 0 saturated carbocycles. The van der Waals surface area contributed by atoms with Gasteiger partial charge in [0.1, 0.15) is 0 Å². The zero-order valence-corrected chi connectivity index (χ0v) is 13.5. The normalized spacial score (nSPS) is 11.3. The average molecular weight is 312 g/mol. The smallest absolute Gasteiger partial charge is 0.253 e. The molecule has 1 amide bonds. The fraction of sp³-hybridized carbons (Fsp3) is 0.353. The number of likely N-dealkylation sites (N-methyl/N-ethyl adjacent to an activating group) is 1. The van der Waals surface area contributed by atoms with Gasteiger partial charge in [0.15, 0.2) is 5.82 Å². The van der Waals surface area contributed by atoms with E-state index in [-0.39, 0.29) is 11.8 Å². The van der Waals surface area contributed by atoms with Gasteiger partial charge in [-0.05, 0) is 24.3 Å². The third-order valence-electron chi connectivity index (χ3n) is 3.80. The summed E-state index contributed by atoms with van der Waals surface area (Å²) in [5.41, 5.74) is 1.70. The lowest BCUT2D eigenvalue weighted by Crippen LogP contribution is -2.29. The number of carbonyl (C=O) groups excluding carboxylic acids is 1. The number of aromatic amines is 1. The number of aromatic nitrogens is 3. The number of H-pyrrole nitrogens is 1. The van der Waals surface area contributed by atoms with Crippen LogP contribution in [0, 0.1) is 0 Å². The monoisotopic (exact) mass is 312 g/mol. The van der Waals surface area contributed by atoms with Gasteiger partial charge in [0, 0.05) is 48.6 Å². The highest BCUT2D eigenvalue weighted by Crippen LogP contribution is 2.16. The number of hydrogen-bond acceptors (Lipinski definition) is 4. The van der Waals surface area contributed by atoms with E-state index in [9.17, 15) is 4.79 Å². The first-order valence-electron chi connectivity index (χ1n) is 7.69. The van der Waals surface area contributed by atoms with Gasteiger partial charge in [0.25, 0.3) is 5.91 Å². The van der Waals surface area contributed by atoms with Gasteiger partial charge in [-0.15, -0.1) is 0 Å². The molecule has 0 aliphatic heterocycles. The molecule has 2 heterocycles. The van der Waals surface area contributed by atoms with E-state index in [1.165, 1.54) is 0 Å². The molecule has 0 radical (unpaired) electrons. The van der Waals surface area contributed by atoms with Gasteiger partial charge in [0.05, 0.1) is 0 Å². The number of amides is 1. The van der Waals surface area contributed by atoms with Crippen LogP contribution in [-0.2, 0) is 6.42 Å². The molecule has 0 aliphatic carbocycles. The first-order chi connectivity index (χ1) is 11.0. The molecule has 0 atom stereocenters. The molecule has 0 spiro atoms. The number of carbonyl (C=O) groups is 1. The van der Waals surface area contributed by atoms with Crippen LogP contribution >= 0.6 is 0 Å². The third kappa shape index (κ3) is 3.26. The maximum Gasteiger partial charge on any atom is 0.253 e. The summed E-state index contributed by atoms with van der Waals surface area (Å²) in [6.07, 6.45) is 2.44. The van der Waals surface area contributed by atoms with Crippen LogP contribution in [0.25, 0.3) is 10.9 Å². The molecular weight excluding hydrogens is 292 g/mol. The summed E-state index contributed by atoms with van der Waals surface area (Å²) in [4.78, 5) is 21.6. The van der Waals surface area contributed by atoms with Crippen LogP contribution in [0.4, 0.5) is 0 Å². The number of benzene rings is 1. The lowest BCUT2D eigenvalue weighted by atomic mass is 10.1. The predicted octanol–water partition coefficient (Wildman–Crippen LogP) is 2.99. The van der Waals surface area contributed by atoms with Crippen molar-refractivity contribution in [3.8, 4) is 0 Å². The molecule has 23 heavy (non-hydrogen) atoms. The van der Waals surface area contributed by atoms with Gasteiger partial charge in [-0.2, -0.15) is 4.98 Å². The van der Waals surface area contributed by atoms with E-state index in [0.717, 1.165) is 10.9 Å². The second-order valence-corrected chi connectivity index (χ2v) is 5.96. The lowest BCUT2D eigenvalue weighted by Gasteiger charge is -2.16. The van der Waals surface area contributed by atoms with Crippen molar-refractivity contribution in [2.75, 3.05) is 13.6 Å². The summed E-state index contributed by atoms with van der Waals surface area (Å²) in [5.74, 6) is 1.46. The first-order valence-corrected chi connectivity index (χ1v) is 7.69. The molecule has 2 aromatic heterocycles. The maximum atomic E-state index is 12.5. The predicted molar refractivity (Wildman–Crippen MR) is 87.4 cm³/mol. The molecule has 1 aromatic carbocycles. The number of nitrogens with zero attached hydrogens (tertiary/aromatic N) is 3. The summed E-state index contributed by atoms with van der Waals surface area (Å²) in [7, 11) is 1.78. The van der Waals surface area contributed by atoms with Gasteiger partial charge in [-0.25, -0.2) is 0 Å². The van der Waals surface area contributed by atoms with Crippen molar-refractivity contribution in [1.82, 2.24) is 20.0 Å². The van der Waals surface area contributed by atoms with Crippen molar-refractivity contribution >= 4 is 16.8 Å². The van der Waals surface area contributed by atoms with Gasteiger partial charge < -0.3 is 14.4 Å². The summed E-state index contributed by atoms with van der Waals surface area (Å²) in [6.45, 7) is 4.55. The second-order valence-electron chi connectivity index (χ2n) is 5.96. The number of rotatable bonds is 5. The third-order valence-corrected chi connectivity index (χ3v) is 3.80. The van der Waals surface area contributed by atoms with Gasteiger partial charge in [-0.3, -0.25) is 4.79 Å². The molecule has 6 nitrogen and oxygen atoms in total. The SMILES string of the molecule is CC(C)c1nc(CCN(C)C(=O)c2ccc3[nH]ccc3c2)no1. The zero-order chi connectivity index (χ0) is 16.4. The molecule has 3 rings (SSSR count). The minimum absolute atomic E-state index is 0.0133. The standard InChI is InChI=1S/C17H20N4O2/c1-11(2)16-19-15(20-23-16)7-9-21(3)17(22)13-4-5-14-12(10-13)6-8-18-14/h4-6,8,10-11,18H,7,9H2,1-3H3. The van der Waals surface area contributed by atoms with E-state index < -0.39 is 0 Å². The Balaban J connectivity index is 1.64. The second kappa shape index (κ2) is 6.24. The Bertz CT molecular complexity index is 819. The summed E-state index contributed by atoms with van der Waals surface area (Å²) in [5, 5.41) is 4.98. The van der Waals surface area contributed by atoms with Crippen molar-refractivity contribution in [2.24, 2.45) is 0 Å². The summed E-state index contributed by atoms with van der Waals surface area (Å²) in [6, 6.07) is 7.61. The Morgan fingerprint density at radius 3 is 2.91 bits per heavy atom. The highest BCUT2D eigenvalue weighted by atomic mass is 16.5. The fourth-order valence-electron chi connectivity index (χ4n) is 2.38.